The third-order valence-corrected chi connectivity index (χ3v) is 7.42. The molecule has 0 aliphatic carbocycles. The van der Waals surface area contributed by atoms with E-state index in [0.29, 0.717) is 11.1 Å². The minimum absolute atomic E-state index is 0.203. The van der Waals surface area contributed by atoms with Crippen LogP contribution in [-0.2, 0) is 5.41 Å². The van der Waals surface area contributed by atoms with E-state index in [-0.39, 0.29) is 5.41 Å². The van der Waals surface area contributed by atoms with E-state index >= 15 is 0 Å². The van der Waals surface area contributed by atoms with Crippen LogP contribution in [0.4, 0.5) is 11.4 Å². The minimum Gasteiger partial charge on any atom is -0.341 e. The SMILES string of the molecule is CCCCN1c2ccc(-c3ccc(C=O)cc3)cc2C(C)(C)c2cc(-c3ccc(C=O)cc3)ccc21. The third kappa shape index (κ3) is 4.15. The molecule has 1 aliphatic heterocycles. The largest absolute Gasteiger partial charge is 0.341 e. The molecule has 180 valence electrons. The molecule has 5 rings (SSSR count). The summed E-state index contributed by atoms with van der Waals surface area (Å²) >= 11 is 0. The zero-order valence-electron chi connectivity index (χ0n) is 21.1. The fraction of sp³-hybridized carbons (Fsp3) is 0.212. The highest BCUT2D eigenvalue weighted by molar-refractivity contribution is 5.84. The highest BCUT2D eigenvalue weighted by Gasteiger charge is 2.36. The molecule has 0 saturated heterocycles. The number of hydrogen-bond acceptors (Lipinski definition) is 3. The number of fused-ring (bicyclic) bond motifs is 2. The van der Waals surface area contributed by atoms with Crippen LogP contribution < -0.4 is 4.90 Å². The maximum Gasteiger partial charge on any atom is 0.150 e. The highest BCUT2D eigenvalue weighted by atomic mass is 16.1. The summed E-state index contributed by atoms with van der Waals surface area (Å²) in [5.74, 6) is 0. The van der Waals surface area contributed by atoms with Gasteiger partial charge in [-0.2, -0.15) is 0 Å². The second-order valence-electron chi connectivity index (χ2n) is 10.1. The van der Waals surface area contributed by atoms with E-state index in [0.717, 1.165) is 54.2 Å². The average molecular weight is 474 g/mol. The van der Waals surface area contributed by atoms with Crippen molar-refractivity contribution >= 4 is 23.9 Å². The Balaban J connectivity index is 1.64. The standard InChI is InChI=1S/C33H31NO2/c1-4-5-18-34-31-16-14-27(25-10-6-23(21-35)7-11-25)19-29(31)33(2,3)30-20-28(15-17-32(30)34)26-12-8-24(22-36)9-13-26/h6-17,19-22H,4-5,18H2,1-3H3. The summed E-state index contributed by atoms with van der Waals surface area (Å²) in [6, 6.07) is 29.1. The van der Waals surface area contributed by atoms with Crippen LogP contribution in [0.3, 0.4) is 0 Å². The lowest BCUT2D eigenvalue weighted by molar-refractivity contribution is 0.111. The van der Waals surface area contributed by atoms with E-state index in [2.05, 4.69) is 62.1 Å². The van der Waals surface area contributed by atoms with Crippen molar-refractivity contribution in [2.24, 2.45) is 0 Å². The van der Waals surface area contributed by atoms with Gasteiger partial charge in [0.25, 0.3) is 0 Å². The van der Waals surface area contributed by atoms with Crippen molar-refractivity contribution in [1.29, 1.82) is 0 Å². The number of anilines is 2. The van der Waals surface area contributed by atoms with E-state index < -0.39 is 0 Å². The number of aldehydes is 2. The zero-order chi connectivity index (χ0) is 25.3. The van der Waals surface area contributed by atoms with Gasteiger partial charge in [0.2, 0.25) is 0 Å². The predicted octanol–water partition coefficient (Wildman–Crippen LogP) is 8.22. The number of nitrogens with zero attached hydrogens (tertiary/aromatic N) is 1. The van der Waals surface area contributed by atoms with Crippen LogP contribution in [0, 0.1) is 0 Å². The molecule has 0 aromatic heterocycles. The van der Waals surface area contributed by atoms with Crippen LogP contribution in [0.1, 0.15) is 65.5 Å². The molecule has 0 spiro atoms. The molecule has 0 fully saturated rings. The van der Waals surface area contributed by atoms with Crippen LogP contribution in [0.15, 0.2) is 84.9 Å². The van der Waals surface area contributed by atoms with Crippen LogP contribution in [-0.4, -0.2) is 19.1 Å². The van der Waals surface area contributed by atoms with Gasteiger partial charge in [-0.25, -0.2) is 0 Å². The third-order valence-electron chi connectivity index (χ3n) is 7.42. The van der Waals surface area contributed by atoms with Crippen LogP contribution >= 0.6 is 0 Å². The topological polar surface area (TPSA) is 37.4 Å². The number of unbranched alkanes of at least 4 members (excludes halogenated alkanes) is 1. The summed E-state index contributed by atoms with van der Waals surface area (Å²) in [6.45, 7) is 7.81. The first-order valence-corrected chi connectivity index (χ1v) is 12.6. The average Bonchev–Trinajstić information content (AvgIpc) is 2.93. The van der Waals surface area contributed by atoms with Gasteiger partial charge in [0.15, 0.2) is 0 Å². The normalized spacial score (nSPS) is 13.6. The van der Waals surface area contributed by atoms with Crippen LogP contribution in [0.5, 0.6) is 0 Å². The lowest BCUT2D eigenvalue weighted by Gasteiger charge is -2.42. The number of benzene rings is 4. The van der Waals surface area contributed by atoms with E-state index in [1.165, 1.54) is 22.5 Å². The maximum atomic E-state index is 11.1. The molecule has 0 bridgehead atoms. The van der Waals surface area contributed by atoms with Crippen LogP contribution in [0.25, 0.3) is 22.3 Å². The number of rotatable bonds is 7. The van der Waals surface area contributed by atoms with Gasteiger partial charge in [0.05, 0.1) is 0 Å². The van der Waals surface area contributed by atoms with E-state index in [1.54, 1.807) is 0 Å². The number of carbonyl (C=O) groups is 2. The fourth-order valence-corrected chi connectivity index (χ4v) is 5.24. The van der Waals surface area contributed by atoms with Gasteiger partial charge in [-0.05, 0) is 64.1 Å². The second kappa shape index (κ2) is 9.58. The van der Waals surface area contributed by atoms with E-state index in [9.17, 15) is 9.59 Å². The van der Waals surface area contributed by atoms with Gasteiger partial charge in [-0.15, -0.1) is 0 Å². The lowest BCUT2D eigenvalue weighted by atomic mass is 9.72. The van der Waals surface area contributed by atoms with Gasteiger partial charge in [0, 0.05) is 34.5 Å². The Morgan fingerprint density at radius 1 is 0.639 bits per heavy atom. The first kappa shape index (κ1) is 23.7. The quantitative estimate of drug-likeness (QED) is 0.254. The zero-order valence-corrected chi connectivity index (χ0v) is 21.1. The summed E-state index contributed by atoms with van der Waals surface area (Å²) < 4.78 is 0. The molecule has 1 aliphatic rings. The van der Waals surface area contributed by atoms with Crippen molar-refractivity contribution in [1.82, 2.24) is 0 Å². The minimum atomic E-state index is -0.203. The first-order chi connectivity index (χ1) is 17.5. The van der Waals surface area contributed by atoms with Crippen molar-refractivity contribution in [3.05, 3.63) is 107 Å². The summed E-state index contributed by atoms with van der Waals surface area (Å²) in [6.07, 6.45) is 4.01. The summed E-state index contributed by atoms with van der Waals surface area (Å²) in [5.41, 5.74) is 10.8. The number of carbonyl (C=O) groups excluding carboxylic acids is 2. The van der Waals surface area contributed by atoms with Crippen molar-refractivity contribution < 1.29 is 9.59 Å². The fourth-order valence-electron chi connectivity index (χ4n) is 5.24. The van der Waals surface area contributed by atoms with Crippen LogP contribution in [0.2, 0.25) is 0 Å². The molecule has 4 aromatic rings. The lowest BCUT2D eigenvalue weighted by Crippen LogP contribution is -2.33. The molecule has 3 nitrogen and oxygen atoms in total. The Labute approximate surface area is 213 Å². The predicted molar refractivity (Wildman–Crippen MR) is 149 cm³/mol. The summed E-state index contributed by atoms with van der Waals surface area (Å²) in [5, 5.41) is 0. The highest BCUT2D eigenvalue weighted by Crippen LogP contribution is 2.50. The van der Waals surface area contributed by atoms with Crippen molar-refractivity contribution in [2.45, 2.75) is 39.0 Å². The molecule has 0 saturated carbocycles. The maximum absolute atomic E-state index is 11.1. The second-order valence-corrected chi connectivity index (χ2v) is 10.1. The van der Waals surface area contributed by atoms with E-state index in [4.69, 9.17) is 0 Å². The Hall–Kier alpha value is -3.98. The van der Waals surface area contributed by atoms with Gasteiger partial charge in [-0.3, -0.25) is 9.59 Å². The Kier molecular flexibility index (Phi) is 6.32. The molecule has 0 N–H and O–H groups in total. The molecule has 36 heavy (non-hydrogen) atoms. The molecule has 0 unspecified atom stereocenters. The molecule has 3 heteroatoms. The number of hydrogen-bond donors (Lipinski definition) is 0. The van der Waals surface area contributed by atoms with Gasteiger partial charge >= 0.3 is 0 Å². The molecular formula is C33H31NO2. The van der Waals surface area contributed by atoms with Gasteiger partial charge in [-0.1, -0.05) is 87.9 Å². The molecular weight excluding hydrogens is 442 g/mol. The Morgan fingerprint density at radius 2 is 1.06 bits per heavy atom. The summed E-state index contributed by atoms with van der Waals surface area (Å²) in [7, 11) is 0. The van der Waals surface area contributed by atoms with Gasteiger partial charge < -0.3 is 4.90 Å². The van der Waals surface area contributed by atoms with Crippen molar-refractivity contribution in [3.8, 4) is 22.3 Å². The molecule has 4 aromatic carbocycles. The Bertz CT molecular complexity index is 1310. The van der Waals surface area contributed by atoms with Gasteiger partial charge in [0.1, 0.15) is 12.6 Å². The summed E-state index contributed by atoms with van der Waals surface area (Å²) in [4.78, 5) is 24.7. The molecule has 0 amide bonds. The van der Waals surface area contributed by atoms with Crippen molar-refractivity contribution in [2.75, 3.05) is 11.4 Å². The Morgan fingerprint density at radius 3 is 1.44 bits per heavy atom. The first-order valence-electron chi connectivity index (χ1n) is 12.6. The molecule has 0 radical (unpaired) electrons. The van der Waals surface area contributed by atoms with Crippen molar-refractivity contribution in [3.63, 3.8) is 0 Å². The molecule has 0 atom stereocenters. The molecule has 1 heterocycles. The smallest absolute Gasteiger partial charge is 0.150 e. The monoisotopic (exact) mass is 473 g/mol. The van der Waals surface area contributed by atoms with E-state index in [1.807, 2.05) is 48.5 Å².